The number of nitrogens with zero attached hydrogens (tertiary/aromatic N) is 1. The summed E-state index contributed by atoms with van der Waals surface area (Å²) in [5.74, 6) is -0.257. The van der Waals surface area contributed by atoms with Crippen LogP contribution < -0.4 is 5.73 Å². The Hall–Kier alpha value is -1.10. The molecule has 2 rings (SSSR count). The second-order valence-corrected chi connectivity index (χ2v) is 5.43. The average Bonchev–Trinajstić information content (AvgIpc) is 2.87. The molecule has 5 heteroatoms. The van der Waals surface area contributed by atoms with Crippen molar-refractivity contribution in [2.24, 2.45) is 17.6 Å². The number of carbonyl (C=O) groups is 2. The van der Waals surface area contributed by atoms with E-state index in [0.717, 1.165) is 32.1 Å². The fourth-order valence-electron chi connectivity index (χ4n) is 3.44. The number of carbonyl (C=O) groups excluding carboxylic acids is 1. The van der Waals surface area contributed by atoms with Crippen molar-refractivity contribution >= 4 is 11.9 Å². The summed E-state index contributed by atoms with van der Waals surface area (Å²) in [6, 6.07) is -0.581. The van der Waals surface area contributed by atoms with Crippen LogP contribution in [-0.4, -0.2) is 41.0 Å². The van der Waals surface area contributed by atoms with Gasteiger partial charge in [0.2, 0.25) is 5.91 Å². The van der Waals surface area contributed by atoms with Gasteiger partial charge in [0, 0.05) is 13.0 Å². The SMILES string of the molecule is NCCCCC(=O)N1CC2CCCC2C1C(=O)O. The van der Waals surface area contributed by atoms with Crippen molar-refractivity contribution in [1.29, 1.82) is 0 Å². The molecule has 1 aliphatic heterocycles. The minimum absolute atomic E-state index is 0.00903. The molecule has 3 atom stereocenters. The number of rotatable bonds is 5. The maximum Gasteiger partial charge on any atom is 0.326 e. The summed E-state index contributed by atoms with van der Waals surface area (Å²) in [5.41, 5.74) is 5.40. The first-order valence-electron chi connectivity index (χ1n) is 6.87. The van der Waals surface area contributed by atoms with Crippen LogP contribution in [0.15, 0.2) is 0 Å². The normalized spacial score (nSPS) is 30.5. The molecule has 0 radical (unpaired) electrons. The molecule has 102 valence electrons. The number of carboxylic acids is 1. The highest BCUT2D eigenvalue weighted by molar-refractivity contribution is 5.84. The van der Waals surface area contributed by atoms with E-state index in [4.69, 9.17) is 5.73 Å². The Morgan fingerprint density at radius 3 is 2.72 bits per heavy atom. The summed E-state index contributed by atoms with van der Waals surface area (Å²) in [7, 11) is 0. The molecule has 2 fully saturated rings. The van der Waals surface area contributed by atoms with Crippen LogP contribution in [0.4, 0.5) is 0 Å². The van der Waals surface area contributed by atoms with Crippen molar-refractivity contribution in [3.05, 3.63) is 0 Å². The Kier molecular flexibility index (Phi) is 4.22. The third-order valence-electron chi connectivity index (χ3n) is 4.31. The average molecular weight is 254 g/mol. The highest BCUT2D eigenvalue weighted by Gasteiger charge is 2.49. The molecule has 5 nitrogen and oxygen atoms in total. The van der Waals surface area contributed by atoms with E-state index in [9.17, 15) is 14.7 Å². The minimum atomic E-state index is -0.837. The van der Waals surface area contributed by atoms with Gasteiger partial charge in [-0.1, -0.05) is 6.42 Å². The van der Waals surface area contributed by atoms with Gasteiger partial charge in [-0.05, 0) is 44.1 Å². The second-order valence-electron chi connectivity index (χ2n) is 5.43. The number of carboxylic acid groups (broad SMARTS) is 1. The lowest BCUT2D eigenvalue weighted by Crippen LogP contribution is -2.43. The van der Waals surface area contributed by atoms with Gasteiger partial charge in [0.1, 0.15) is 6.04 Å². The molecule has 1 saturated carbocycles. The number of amides is 1. The Morgan fingerprint density at radius 2 is 2.06 bits per heavy atom. The van der Waals surface area contributed by atoms with Crippen molar-refractivity contribution in [3.8, 4) is 0 Å². The van der Waals surface area contributed by atoms with E-state index in [1.165, 1.54) is 0 Å². The van der Waals surface area contributed by atoms with Gasteiger partial charge >= 0.3 is 5.97 Å². The molecule has 0 spiro atoms. The summed E-state index contributed by atoms with van der Waals surface area (Å²) in [5, 5.41) is 9.34. The molecular formula is C13H22N2O3. The molecule has 0 aromatic carbocycles. The standard InChI is InChI=1S/C13H22N2O3/c14-7-2-1-6-11(16)15-8-9-4-3-5-10(9)12(15)13(17)18/h9-10,12H,1-8,14H2,(H,17,18). The number of hydrogen-bond acceptors (Lipinski definition) is 3. The highest BCUT2D eigenvalue weighted by atomic mass is 16.4. The van der Waals surface area contributed by atoms with Gasteiger partial charge in [0.25, 0.3) is 0 Å². The second kappa shape index (κ2) is 5.69. The fraction of sp³-hybridized carbons (Fsp3) is 0.846. The predicted octanol–water partition coefficient (Wildman–Crippen LogP) is 0.827. The number of fused-ring (bicyclic) bond motifs is 1. The molecule has 0 bridgehead atoms. The summed E-state index contributed by atoms with van der Waals surface area (Å²) in [6.07, 6.45) is 5.14. The molecule has 3 N–H and O–H groups in total. The molecule has 18 heavy (non-hydrogen) atoms. The van der Waals surface area contributed by atoms with Crippen LogP contribution in [0.25, 0.3) is 0 Å². The summed E-state index contributed by atoms with van der Waals surface area (Å²) in [6.45, 7) is 1.23. The Labute approximate surface area is 107 Å². The molecule has 0 aromatic rings. The lowest BCUT2D eigenvalue weighted by Gasteiger charge is -2.24. The molecule has 1 aliphatic carbocycles. The zero-order valence-corrected chi connectivity index (χ0v) is 10.7. The summed E-state index contributed by atoms with van der Waals surface area (Å²) in [4.78, 5) is 25.1. The van der Waals surface area contributed by atoms with Gasteiger partial charge in [0.05, 0.1) is 0 Å². The van der Waals surface area contributed by atoms with Crippen molar-refractivity contribution in [2.75, 3.05) is 13.1 Å². The molecule has 1 heterocycles. The topological polar surface area (TPSA) is 83.6 Å². The van der Waals surface area contributed by atoms with E-state index >= 15 is 0 Å². The van der Waals surface area contributed by atoms with Crippen LogP contribution >= 0.6 is 0 Å². The Morgan fingerprint density at radius 1 is 1.28 bits per heavy atom. The Bertz CT molecular complexity index is 332. The molecule has 1 amide bonds. The lowest BCUT2D eigenvalue weighted by atomic mass is 9.94. The lowest BCUT2D eigenvalue weighted by molar-refractivity contribution is -0.149. The highest BCUT2D eigenvalue weighted by Crippen LogP contribution is 2.42. The largest absolute Gasteiger partial charge is 0.480 e. The maximum absolute atomic E-state index is 12.1. The van der Waals surface area contributed by atoms with Crippen LogP contribution in [0.3, 0.4) is 0 Å². The first-order valence-corrected chi connectivity index (χ1v) is 6.87. The smallest absolute Gasteiger partial charge is 0.326 e. The van der Waals surface area contributed by atoms with E-state index in [2.05, 4.69) is 0 Å². The maximum atomic E-state index is 12.1. The molecule has 3 unspecified atom stereocenters. The summed E-state index contributed by atoms with van der Waals surface area (Å²) < 4.78 is 0. The van der Waals surface area contributed by atoms with Crippen LogP contribution in [0.2, 0.25) is 0 Å². The zero-order chi connectivity index (χ0) is 13.1. The van der Waals surface area contributed by atoms with Gasteiger partial charge in [-0.2, -0.15) is 0 Å². The van der Waals surface area contributed by atoms with Crippen molar-refractivity contribution in [3.63, 3.8) is 0 Å². The predicted molar refractivity (Wildman–Crippen MR) is 66.9 cm³/mol. The molecule has 1 saturated heterocycles. The van der Waals surface area contributed by atoms with Crippen molar-refractivity contribution in [1.82, 2.24) is 4.90 Å². The Balaban J connectivity index is 1.98. The van der Waals surface area contributed by atoms with Gasteiger partial charge in [0.15, 0.2) is 0 Å². The van der Waals surface area contributed by atoms with E-state index < -0.39 is 12.0 Å². The number of aliphatic carboxylic acids is 1. The van der Waals surface area contributed by atoms with Crippen LogP contribution in [0, 0.1) is 11.8 Å². The van der Waals surface area contributed by atoms with Crippen LogP contribution in [-0.2, 0) is 9.59 Å². The number of hydrogen-bond donors (Lipinski definition) is 2. The fourth-order valence-corrected chi connectivity index (χ4v) is 3.44. The van der Waals surface area contributed by atoms with Gasteiger partial charge < -0.3 is 15.7 Å². The van der Waals surface area contributed by atoms with Crippen molar-refractivity contribution in [2.45, 2.75) is 44.6 Å². The molecular weight excluding hydrogens is 232 g/mol. The summed E-state index contributed by atoms with van der Waals surface area (Å²) >= 11 is 0. The number of nitrogens with two attached hydrogens (primary N) is 1. The van der Waals surface area contributed by atoms with Crippen LogP contribution in [0.5, 0.6) is 0 Å². The van der Waals surface area contributed by atoms with Gasteiger partial charge in [-0.15, -0.1) is 0 Å². The minimum Gasteiger partial charge on any atom is -0.480 e. The van der Waals surface area contributed by atoms with E-state index in [0.29, 0.717) is 25.4 Å². The quantitative estimate of drug-likeness (QED) is 0.712. The number of unbranched alkanes of at least 4 members (excludes halogenated alkanes) is 1. The van der Waals surface area contributed by atoms with E-state index in [1.54, 1.807) is 4.90 Å². The number of likely N-dealkylation sites (tertiary alicyclic amines) is 1. The molecule has 2 aliphatic rings. The van der Waals surface area contributed by atoms with Gasteiger partial charge in [-0.25, -0.2) is 4.79 Å². The first-order chi connectivity index (χ1) is 8.65. The van der Waals surface area contributed by atoms with Gasteiger partial charge in [-0.3, -0.25) is 4.79 Å². The third kappa shape index (κ3) is 2.51. The van der Waals surface area contributed by atoms with E-state index in [-0.39, 0.29) is 11.8 Å². The first kappa shape index (κ1) is 13.3. The van der Waals surface area contributed by atoms with Crippen molar-refractivity contribution < 1.29 is 14.7 Å². The third-order valence-corrected chi connectivity index (χ3v) is 4.31. The molecule has 0 aromatic heterocycles. The van der Waals surface area contributed by atoms with Crippen LogP contribution in [0.1, 0.15) is 38.5 Å². The monoisotopic (exact) mass is 254 g/mol. The van der Waals surface area contributed by atoms with E-state index in [1.807, 2.05) is 0 Å². The zero-order valence-electron chi connectivity index (χ0n) is 10.7.